The lowest BCUT2D eigenvalue weighted by molar-refractivity contribution is -0.299. The maximum Gasteiger partial charge on any atom is 0.434 e. The van der Waals surface area contributed by atoms with E-state index in [9.17, 15) is 26.3 Å². The largest absolute Gasteiger partial charge is 0.470 e. The molecule has 0 aromatic carbocycles. The average molecular weight is 315 g/mol. The molecule has 1 aromatic heterocycles. The summed E-state index contributed by atoms with van der Waals surface area (Å²) in [5.41, 5.74) is 4.89. The van der Waals surface area contributed by atoms with Gasteiger partial charge in [-0.05, 0) is 13.8 Å². The Kier molecular flexibility index (Phi) is 4.40. The molecule has 0 saturated heterocycles. The van der Waals surface area contributed by atoms with Crippen LogP contribution in [0.4, 0.5) is 26.3 Å². The second-order valence-corrected chi connectivity index (χ2v) is 4.22. The summed E-state index contributed by atoms with van der Waals surface area (Å²) in [6, 6.07) is 0.869. The van der Waals surface area contributed by atoms with Crippen LogP contribution in [0.2, 0.25) is 0 Å². The highest BCUT2D eigenvalue weighted by atomic mass is 19.4. The molecule has 0 atom stereocenters. The van der Waals surface area contributed by atoms with E-state index < -0.39 is 35.6 Å². The molecule has 21 heavy (non-hydrogen) atoms. The van der Waals surface area contributed by atoms with Crippen molar-refractivity contribution in [2.75, 3.05) is 0 Å². The zero-order valence-corrected chi connectivity index (χ0v) is 10.9. The predicted octanol–water partition coefficient (Wildman–Crippen LogP) is 2.85. The third-order valence-electron chi connectivity index (χ3n) is 2.40. The number of hydrogen-bond donors (Lipinski definition) is 2. The van der Waals surface area contributed by atoms with Crippen molar-refractivity contribution in [2.24, 2.45) is 5.73 Å². The van der Waals surface area contributed by atoms with Crippen molar-refractivity contribution in [3.05, 3.63) is 23.0 Å². The molecule has 0 saturated carbocycles. The van der Waals surface area contributed by atoms with Crippen molar-refractivity contribution < 1.29 is 31.1 Å². The summed E-state index contributed by atoms with van der Waals surface area (Å²) in [6.45, 7) is 2.66. The second kappa shape index (κ2) is 5.41. The minimum atomic E-state index is -5.66. The third-order valence-corrected chi connectivity index (χ3v) is 2.40. The number of pyridine rings is 1. The Hall–Kier alpha value is -2.00. The standard InChI is InChI=1S/C11H11F6N3O/c1-4-3-6(7(8(18)19)5(2)20-4)21-9(10(12,13)14)11(15,16)17/h3,9H,1-2H3,(H3,18,19). The van der Waals surface area contributed by atoms with Gasteiger partial charge in [-0.1, -0.05) is 0 Å². The number of aryl methyl sites for hydroxylation is 2. The van der Waals surface area contributed by atoms with Gasteiger partial charge < -0.3 is 10.5 Å². The quantitative estimate of drug-likeness (QED) is 0.512. The molecule has 0 bridgehead atoms. The van der Waals surface area contributed by atoms with Crippen molar-refractivity contribution in [3.63, 3.8) is 0 Å². The third kappa shape index (κ3) is 3.99. The molecule has 0 unspecified atom stereocenters. The highest BCUT2D eigenvalue weighted by Gasteiger charge is 2.59. The van der Waals surface area contributed by atoms with Crippen molar-refractivity contribution >= 4 is 5.84 Å². The number of nitrogens with zero attached hydrogens (tertiary/aromatic N) is 1. The van der Waals surface area contributed by atoms with E-state index in [1.807, 2.05) is 0 Å². The molecule has 0 aliphatic carbocycles. The summed E-state index contributed by atoms with van der Waals surface area (Å²) in [5, 5.41) is 7.24. The van der Waals surface area contributed by atoms with Gasteiger partial charge in [0.1, 0.15) is 11.6 Å². The Labute approximate surface area is 115 Å². The molecular weight excluding hydrogens is 304 g/mol. The average Bonchev–Trinajstić information content (AvgIpc) is 2.20. The van der Waals surface area contributed by atoms with Crippen LogP contribution < -0.4 is 10.5 Å². The minimum Gasteiger partial charge on any atom is -0.470 e. The first-order chi connectivity index (χ1) is 9.34. The fourth-order valence-electron chi connectivity index (χ4n) is 1.66. The molecule has 1 heterocycles. The normalized spacial score (nSPS) is 12.6. The van der Waals surface area contributed by atoms with Gasteiger partial charge in [0.05, 0.1) is 11.3 Å². The summed E-state index contributed by atoms with van der Waals surface area (Å²) in [6.07, 6.45) is -15.3. The SMILES string of the molecule is Cc1cc(OC(C(F)(F)F)C(F)(F)F)c(C(=N)N)c(C)n1. The first-order valence-corrected chi connectivity index (χ1v) is 5.46. The molecule has 0 amide bonds. The van der Waals surface area contributed by atoms with Gasteiger partial charge in [0, 0.05) is 11.8 Å². The molecular formula is C11H11F6N3O. The van der Waals surface area contributed by atoms with E-state index in [-0.39, 0.29) is 11.4 Å². The Morgan fingerprint density at radius 3 is 2.05 bits per heavy atom. The highest BCUT2D eigenvalue weighted by Crippen LogP contribution is 2.37. The van der Waals surface area contributed by atoms with E-state index >= 15 is 0 Å². The molecule has 0 aliphatic heterocycles. The summed E-state index contributed by atoms with van der Waals surface area (Å²) >= 11 is 0. The monoisotopic (exact) mass is 315 g/mol. The number of aromatic nitrogens is 1. The van der Waals surface area contributed by atoms with Crippen LogP contribution in [0, 0.1) is 19.3 Å². The number of halogens is 6. The number of alkyl halides is 6. The second-order valence-electron chi connectivity index (χ2n) is 4.22. The molecule has 3 N–H and O–H groups in total. The molecule has 0 aliphatic rings. The van der Waals surface area contributed by atoms with Crippen LogP contribution in [0.1, 0.15) is 17.0 Å². The molecule has 1 aromatic rings. The maximum absolute atomic E-state index is 12.5. The van der Waals surface area contributed by atoms with Crippen molar-refractivity contribution in [2.45, 2.75) is 32.3 Å². The van der Waals surface area contributed by atoms with E-state index in [2.05, 4.69) is 9.72 Å². The van der Waals surface area contributed by atoms with Crippen LogP contribution in [0.5, 0.6) is 5.75 Å². The van der Waals surface area contributed by atoms with Gasteiger partial charge in [0.2, 0.25) is 0 Å². The Bertz CT molecular complexity index is 538. The van der Waals surface area contributed by atoms with Crippen molar-refractivity contribution in [3.8, 4) is 5.75 Å². The summed E-state index contributed by atoms with van der Waals surface area (Å²) in [5.74, 6) is -1.52. The van der Waals surface area contributed by atoms with Crippen molar-refractivity contribution in [1.29, 1.82) is 5.41 Å². The maximum atomic E-state index is 12.5. The van der Waals surface area contributed by atoms with Gasteiger partial charge in [-0.25, -0.2) is 0 Å². The number of nitrogens with two attached hydrogens (primary N) is 1. The van der Waals surface area contributed by atoms with Crippen LogP contribution in [-0.2, 0) is 0 Å². The van der Waals surface area contributed by atoms with E-state index in [0.717, 1.165) is 6.07 Å². The zero-order chi connectivity index (χ0) is 16.6. The summed E-state index contributed by atoms with van der Waals surface area (Å²) < 4.78 is 79.0. The van der Waals surface area contributed by atoms with E-state index in [4.69, 9.17) is 11.1 Å². The molecule has 0 fully saturated rings. The molecule has 118 valence electrons. The first kappa shape index (κ1) is 17.1. The number of ether oxygens (including phenoxy) is 1. The number of amidine groups is 1. The van der Waals surface area contributed by atoms with E-state index in [1.165, 1.54) is 13.8 Å². The lowest BCUT2D eigenvalue weighted by atomic mass is 10.1. The van der Waals surface area contributed by atoms with Crippen molar-refractivity contribution in [1.82, 2.24) is 4.98 Å². The lowest BCUT2D eigenvalue weighted by Gasteiger charge is -2.25. The Morgan fingerprint density at radius 1 is 1.19 bits per heavy atom. The number of nitrogen functional groups attached to an aromatic ring is 1. The molecule has 0 spiro atoms. The van der Waals surface area contributed by atoms with E-state index in [0.29, 0.717) is 0 Å². The first-order valence-electron chi connectivity index (χ1n) is 5.46. The Balaban J connectivity index is 3.37. The fourth-order valence-corrected chi connectivity index (χ4v) is 1.66. The smallest absolute Gasteiger partial charge is 0.434 e. The van der Waals surface area contributed by atoms with Gasteiger partial charge in [0.15, 0.2) is 0 Å². The molecule has 10 heteroatoms. The number of nitrogens with one attached hydrogen (secondary N) is 1. The molecule has 1 rings (SSSR count). The van der Waals surface area contributed by atoms with Gasteiger partial charge in [-0.2, -0.15) is 26.3 Å². The number of rotatable bonds is 3. The fraction of sp³-hybridized carbons (Fsp3) is 0.455. The lowest BCUT2D eigenvalue weighted by Crippen LogP contribution is -2.47. The van der Waals surface area contributed by atoms with Crippen LogP contribution >= 0.6 is 0 Å². The summed E-state index contributed by atoms with van der Waals surface area (Å²) in [7, 11) is 0. The van der Waals surface area contributed by atoms with Gasteiger partial charge >= 0.3 is 12.4 Å². The number of hydrogen-bond acceptors (Lipinski definition) is 3. The zero-order valence-electron chi connectivity index (χ0n) is 10.9. The van der Waals surface area contributed by atoms with Gasteiger partial charge in [-0.15, -0.1) is 0 Å². The van der Waals surface area contributed by atoms with Crippen LogP contribution in [0.3, 0.4) is 0 Å². The minimum absolute atomic E-state index is 0.000555. The van der Waals surface area contributed by atoms with Crippen LogP contribution in [0.25, 0.3) is 0 Å². The highest BCUT2D eigenvalue weighted by molar-refractivity contribution is 5.98. The topological polar surface area (TPSA) is 72.0 Å². The van der Waals surface area contributed by atoms with Crippen LogP contribution in [-0.4, -0.2) is 29.3 Å². The van der Waals surface area contributed by atoms with E-state index in [1.54, 1.807) is 0 Å². The van der Waals surface area contributed by atoms with Gasteiger partial charge in [0.25, 0.3) is 6.10 Å². The van der Waals surface area contributed by atoms with Crippen LogP contribution in [0.15, 0.2) is 6.07 Å². The van der Waals surface area contributed by atoms with Gasteiger partial charge in [-0.3, -0.25) is 10.4 Å². The predicted molar refractivity (Wildman–Crippen MR) is 61.3 cm³/mol. The Morgan fingerprint density at radius 2 is 1.67 bits per heavy atom. The molecule has 4 nitrogen and oxygen atoms in total. The molecule has 0 radical (unpaired) electrons. The summed E-state index contributed by atoms with van der Waals surface area (Å²) in [4.78, 5) is 3.82.